The lowest BCUT2D eigenvalue weighted by Crippen LogP contribution is -2.07. The van der Waals surface area contributed by atoms with Crippen molar-refractivity contribution in [1.29, 1.82) is 0 Å². The average Bonchev–Trinajstić information content (AvgIpc) is 2.91. The summed E-state index contributed by atoms with van der Waals surface area (Å²) in [5.41, 5.74) is 0.910. The van der Waals surface area contributed by atoms with Crippen molar-refractivity contribution in [2.45, 2.75) is 13.8 Å². The molecule has 1 aliphatic rings. The summed E-state index contributed by atoms with van der Waals surface area (Å²) in [5, 5.41) is 0.695. The Hall–Kier alpha value is -1.28. The van der Waals surface area contributed by atoms with Gasteiger partial charge in [-0.05, 0) is 16.9 Å². The molecule has 0 bridgehead atoms. The number of hydrogen-bond acceptors (Lipinski definition) is 2. The minimum Gasteiger partial charge on any atom is -0.469 e. The monoisotopic (exact) mass is 264 g/mol. The van der Waals surface area contributed by atoms with Gasteiger partial charge >= 0.3 is 5.97 Å². The standard InChI is InChI=1S/C15H17ClO2/c1-15(2)11(13(15)14(17)18-3)9-12(16)10-7-5-4-6-8-10/h4-9,11,13H,1-3H3. The number of halogens is 1. The van der Waals surface area contributed by atoms with Gasteiger partial charge in [-0.1, -0.05) is 61.9 Å². The van der Waals surface area contributed by atoms with Gasteiger partial charge in [0.2, 0.25) is 0 Å². The van der Waals surface area contributed by atoms with Gasteiger partial charge in [-0.25, -0.2) is 0 Å². The number of hydrogen-bond donors (Lipinski definition) is 0. The lowest BCUT2D eigenvalue weighted by atomic mass is 10.1. The lowest BCUT2D eigenvalue weighted by Gasteiger charge is -2.00. The van der Waals surface area contributed by atoms with Crippen LogP contribution < -0.4 is 0 Å². The van der Waals surface area contributed by atoms with Gasteiger partial charge in [-0.3, -0.25) is 4.79 Å². The summed E-state index contributed by atoms with van der Waals surface area (Å²) in [6, 6.07) is 9.76. The molecule has 2 nitrogen and oxygen atoms in total. The molecule has 2 unspecified atom stereocenters. The molecule has 1 aliphatic carbocycles. The van der Waals surface area contributed by atoms with Crippen molar-refractivity contribution in [2.24, 2.45) is 17.3 Å². The van der Waals surface area contributed by atoms with Gasteiger partial charge < -0.3 is 4.74 Å². The lowest BCUT2D eigenvalue weighted by molar-refractivity contribution is -0.143. The maximum atomic E-state index is 11.6. The molecule has 1 saturated carbocycles. The van der Waals surface area contributed by atoms with Crippen molar-refractivity contribution in [3.8, 4) is 0 Å². The summed E-state index contributed by atoms with van der Waals surface area (Å²) in [6.45, 7) is 4.12. The minimum absolute atomic E-state index is 0.0674. The Labute approximate surface area is 113 Å². The predicted molar refractivity (Wildman–Crippen MR) is 73.0 cm³/mol. The average molecular weight is 265 g/mol. The largest absolute Gasteiger partial charge is 0.469 e. The molecule has 96 valence electrons. The van der Waals surface area contributed by atoms with E-state index in [0.29, 0.717) is 5.03 Å². The smallest absolute Gasteiger partial charge is 0.309 e. The Balaban J connectivity index is 2.18. The summed E-state index contributed by atoms with van der Waals surface area (Å²) in [4.78, 5) is 11.6. The summed E-state index contributed by atoms with van der Waals surface area (Å²) in [5.74, 6) is -0.0867. The van der Waals surface area contributed by atoms with E-state index in [0.717, 1.165) is 5.56 Å². The third kappa shape index (κ3) is 2.30. The van der Waals surface area contributed by atoms with Crippen LogP contribution >= 0.6 is 11.6 Å². The maximum absolute atomic E-state index is 11.6. The summed E-state index contributed by atoms with van der Waals surface area (Å²) in [7, 11) is 1.43. The quantitative estimate of drug-likeness (QED) is 0.778. The van der Waals surface area contributed by atoms with Gasteiger partial charge in [0.15, 0.2) is 0 Å². The Bertz CT molecular complexity index is 477. The number of ether oxygens (including phenoxy) is 1. The zero-order valence-electron chi connectivity index (χ0n) is 10.8. The first-order chi connectivity index (χ1) is 8.48. The molecule has 1 fully saturated rings. The third-order valence-corrected chi connectivity index (χ3v) is 4.09. The highest BCUT2D eigenvalue weighted by molar-refractivity contribution is 6.48. The first-order valence-corrected chi connectivity index (χ1v) is 6.37. The SMILES string of the molecule is COC(=O)C1C(C=C(Cl)c2ccccc2)C1(C)C. The van der Waals surface area contributed by atoms with E-state index in [1.807, 2.05) is 36.4 Å². The highest BCUT2D eigenvalue weighted by Gasteiger charge is 2.61. The number of benzene rings is 1. The van der Waals surface area contributed by atoms with Crippen molar-refractivity contribution in [1.82, 2.24) is 0 Å². The fraction of sp³-hybridized carbons (Fsp3) is 0.400. The molecule has 1 aromatic rings. The van der Waals surface area contributed by atoms with Crippen molar-refractivity contribution in [3.05, 3.63) is 42.0 Å². The van der Waals surface area contributed by atoms with Gasteiger partial charge in [0.1, 0.15) is 0 Å². The normalized spacial score (nSPS) is 25.7. The summed E-state index contributed by atoms with van der Waals surface area (Å²) in [6.07, 6.45) is 1.97. The Morgan fingerprint density at radius 1 is 1.33 bits per heavy atom. The molecule has 2 atom stereocenters. The second-order valence-corrected chi connectivity index (χ2v) is 5.64. The Morgan fingerprint density at radius 2 is 1.94 bits per heavy atom. The van der Waals surface area contributed by atoms with Crippen LogP contribution in [0.1, 0.15) is 19.4 Å². The zero-order valence-corrected chi connectivity index (χ0v) is 11.6. The molecule has 2 rings (SSSR count). The molecule has 0 spiro atoms. The molecule has 3 heteroatoms. The number of allylic oxidation sites excluding steroid dienone is 1. The molecule has 0 saturated heterocycles. The molecule has 18 heavy (non-hydrogen) atoms. The second-order valence-electron chi connectivity index (χ2n) is 5.23. The van der Waals surface area contributed by atoms with Crippen LogP contribution in [0.3, 0.4) is 0 Å². The van der Waals surface area contributed by atoms with Gasteiger partial charge in [0.05, 0.1) is 13.0 Å². The van der Waals surface area contributed by atoms with Gasteiger partial charge in [0.25, 0.3) is 0 Å². The van der Waals surface area contributed by atoms with Crippen LogP contribution in [0.4, 0.5) is 0 Å². The van der Waals surface area contributed by atoms with Gasteiger partial charge in [-0.2, -0.15) is 0 Å². The second kappa shape index (κ2) is 4.77. The van der Waals surface area contributed by atoms with Crippen LogP contribution in [0.15, 0.2) is 36.4 Å². The number of carbonyl (C=O) groups is 1. The van der Waals surface area contributed by atoms with Gasteiger partial charge in [0, 0.05) is 5.03 Å². The van der Waals surface area contributed by atoms with Crippen molar-refractivity contribution in [2.75, 3.05) is 7.11 Å². The van der Waals surface area contributed by atoms with Crippen LogP contribution in [0.2, 0.25) is 0 Å². The van der Waals surface area contributed by atoms with Crippen LogP contribution in [-0.2, 0) is 9.53 Å². The molecule has 0 radical (unpaired) electrons. The number of carbonyl (C=O) groups excluding carboxylic acids is 1. The summed E-state index contributed by atoms with van der Waals surface area (Å²) >= 11 is 6.29. The van der Waals surface area contributed by atoms with E-state index in [4.69, 9.17) is 16.3 Å². The minimum atomic E-state index is -0.154. The highest BCUT2D eigenvalue weighted by atomic mass is 35.5. The Morgan fingerprint density at radius 3 is 2.50 bits per heavy atom. The zero-order chi connectivity index (χ0) is 13.3. The molecule has 0 aromatic heterocycles. The topological polar surface area (TPSA) is 26.3 Å². The number of methoxy groups -OCH3 is 1. The van der Waals surface area contributed by atoms with Crippen LogP contribution in [0.5, 0.6) is 0 Å². The van der Waals surface area contributed by atoms with E-state index in [9.17, 15) is 4.79 Å². The molecular weight excluding hydrogens is 248 g/mol. The Kier molecular flexibility index (Phi) is 3.49. The van der Waals surface area contributed by atoms with Crippen molar-refractivity contribution < 1.29 is 9.53 Å². The van der Waals surface area contributed by atoms with E-state index in [-0.39, 0.29) is 23.2 Å². The summed E-state index contributed by atoms with van der Waals surface area (Å²) < 4.78 is 4.82. The fourth-order valence-electron chi connectivity index (χ4n) is 2.42. The first-order valence-electron chi connectivity index (χ1n) is 5.99. The molecule has 0 aliphatic heterocycles. The maximum Gasteiger partial charge on any atom is 0.309 e. The van der Waals surface area contributed by atoms with Crippen molar-refractivity contribution in [3.63, 3.8) is 0 Å². The molecular formula is C15H17ClO2. The van der Waals surface area contributed by atoms with Crippen LogP contribution in [0, 0.1) is 17.3 Å². The number of esters is 1. The van der Waals surface area contributed by atoms with Gasteiger partial charge in [-0.15, -0.1) is 0 Å². The van der Waals surface area contributed by atoms with E-state index in [1.54, 1.807) is 0 Å². The molecule has 0 heterocycles. The van der Waals surface area contributed by atoms with Crippen LogP contribution in [-0.4, -0.2) is 13.1 Å². The van der Waals surface area contributed by atoms with Crippen LogP contribution in [0.25, 0.3) is 5.03 Å². The fourth-order valence-corrected chi connectivity index (χ4v) is 2.68. The van der Waals surface area contributed by atoms with E-state index in [2.05, 4.69) is 13.8 Å². The van der Waals surface area contributed by atoms with E-state index >= 15 is 0 Å². The number of rotatable bonds is 3. The van der Waals surface area contributed by atoms with E-state index in [1.165, 1.54) is 7.11 Å². The highest BCUT2D eigenvalue weighted by Crippen LogP contribution is 2.60. The molecule has 1 aromatic carbocycles. The molecule has 0 N–H and O–H groups in total. The van der Waals surface area contributed by atoms with E-state index < -0.39 is 0 Å². The van der Waals surface area contributed by atoms with Crippen molar-refractivity contribution >= 4 is 22.6 Å². The third-order valence-electron chi connectivity index (χ3n) is 3.74. The molecule has 0 amide bonds. The predicted octanol–water partition coefficient (Wildman–Crippen LogP) is 3.71. The first kappa shape index (κ1) is 13.2.